The summed E-state index contributed by atoms with van der Waals surface area (Å²) in [5, 5.41) is 193. The number of rotatable bonds is 21. The lowest BCUT2D eigenvalue weighted by atomic mass is 9.39. The number of aliphatic hydroxyl groups excluding tert-OH is 17. The van der Waals surface area contributed by atoms with Gasteiger partial charge < -0.3 is 139 Å². The van der Waals surface area contributed by atoms with Crippen molar-refractivity contribution in [2.75, 3.05) is 33.0 Å². The highest BCUT2D eigenvalue weighted by Crippen LogP contribution is 2.75. The molecule has 3 saturated carbocycles. The van der Waals surface area contributed by atoms with E-state index in [1.807, 2.05) is 0 Å². The minimum Gasteiger partial charge on any atom is -0.396 e. The highest BCUT2D eigenvalue weighted by Gasteiger charge is 2.68. The molecule has 8 fully saturated rings. The van der Waals surface area contributed by atoms with Crippen LogP contribution in [-0.2, 0) is 47.4 Å². The third kappa shape index (κ3) is 13.3. The molecule has 89 heavy (non-hydrogen) atoms. The molecule has 28 nitrogen and oxygen atoms in total. The van der Waals surface area contributed by atoms with Gasteiger partial charge in [0.15, 0.2) is 31.5 Å². The molecule has 0 aromatic rings. The average molecular weight is 1290 g/mol. The van der Waals surface area contributed by atoms with Crippen molar-refractivity contribution in [3.8, 4) is 0 Å². The fourth-order valence-electron chi connectivity index (χ4n) is 17.3. The van der Waals surface area contributed by atoms with Crippen LogP contribution < -0.4 is 0 Å². The Morgan fingerprint density at radius 2 is 1.01 bits per heavy atom. The summed E-state index contributed by atoms with van der Waals surface area (Å²) in [6.45, 7) is 13.6. The van der Waals surface area contributed by atoms with Crippen LogP contribution in [0.2, 0.25) is 0 Å². The number of hydrogen-bond donors (Lipinski definition) is 18. The molecule has 0 amide bonds. The topological polar surface area (TPSA) is 456 Å². The van der Waals surface area contributed by atoms with Gasteiger partial charge in [0.1, 0.15) is 116 Å². The number of allylic oxidation sites excluding steroid dienone is 1. The molecule has 0 aromatic carbocycles. The Labute approximate surface area is 518 Å². The zero-order valence-electron chi connectivity index (χ0n) is 52.2. The van der Waals surface area contributed by atoms with Gasteiger partial charge in [-0.05, 0) is 118 Å². The van der Waals surface area contributed by atoms with Crippen LogP contribution in [-0.4, -0.2) is 296 Å². The molecule has 5 heterocycles. The number of hydrogen-bond acceptors (Lipinski definition) is 28. The van der Waals surface area contributed by atoms with Gasteiger partial charge in [-0.15, -0.1) is 0 Å². The third-order valence-corrected chi connectivity index (χ3v) is 23.1. The Bertz CT molecular complexity index is 2330. The van der Waals surface area contributed by atoms with Gasteiger partial charge in [-0.2, -0.15) is 0 Å². The highest BCUT2D eigenvalue weighted by molar-refractivity contribution is 5.30. The predicted octanol–water partition coefficient (Wildman–Crippen LogP) is -3.99. The molecule has 34 atom stereocenters. The number of fused-ring (bicyclic) bond motifs is 5. The minimum absolute atomic E-state index is 0.0872. The normalized spacial score (nSPS) is 50.9. The zero-order chi connectivity index (χ0) is 65.4. The highest BCUT2D eigenvalue weighted by atomic mass is 16.8. The molecular weight excluding hydrogens is 1180 g/mol. The summed E-state index contributed by atoms with van der Waals surface area (Å²) in [4.78, 5) is 0. The second-order valence-corrected chi connectivity index (χ2v) is 28.9. The summed E-state index contributed by atoms with van der Waals surface area (Å²) >= 11 is 0. The van der Waals surface area contributed by atoms with Crippen molar-refractivity contribution >= 4 is 0 Å². The first-order chi connectivity index (χ1) is 41.7. The van der Waals surface area contributed by atoms with E-state index >= 15 is 0 Å². The molecule has 4 aliphatic carbocycles. The first-order valence-corrected chi connectivity index (χ1v) is 32.0. The fourth-order valence-corrected chi connectivity index (χ4v) is 17.3. The van der Waals surface area contributed by atoms with E-state index in [-0.39, 0.29) is 46.8 Å². The number of ether oxygens (including phenoxy) is 10. The molecule has 18 N–H and O–H groups in total. The molecule has 8 unspecified atom stereocenters. The number of aliphatic hydroxyl groups is 18. The summed E-state index contributed by atoms with van der Waals surface area (Å²) in [5.74, 6) is 0.833. The Balaban J connectivity index is 0.873. The largest absolute Gasteiger partial charge is 0.396 e. The zero-order valence-corrected chi connectivity index (χ0v) is 52.2. The summed E-state index contributed by atoms with van der Waals surface area (Å²) in [7, 11) is 0. The molecule has 5 aliphatic heterocycles. The average Bonchev–Trinajstić information content (AvgIpc) is 1.66. The molecule has 5 saturated heterocycles. The molecule has 0 bridgehead atoms. The van der Waals surface area contributed by atoms with Crippen molar-refractivity contribution in [2.45, 2.75) is 291 Å². The summed E-state index contributed by atoms with van der Waals surface area (Å²) in [5.41, 5.74) is -1.20. The van der Waals surface area contributed by atoms with Crippen LogP contribution in [0, 0.1) is 45.3 Å². The van der Waals surface area contributed by atoms with E-state index in [9.17, 15) is 91.9 Å². The molecule has 9 aliphatic rings. The van der Waals surface area contributed by atoms with Crippen molar-refractivity contribution in [2.24, 2.45) is 45.3 Å². The van der Waals surface area contributed by atoms with Gasteiger partial charge in [0, 0.05) is 12.0 Å². The van der Waals surface area contributed by atoms with Gasteiger partial charge in [-0.1, -0.05) is 53.2 Å². The smallest absolute Gasteiger partial charge is 0.187 e. The van der Waals surface area contributed by atoms with Crippen LogP contribution in [0.5, 0.6) is 0 Å². The van der Waals surface area contributed by atoms with Crippen molar-refractivity contribution < 1.29 is 139 Å². The molecule has 0 spiro atoms. The van der Waals surface area contributed by atoms with Crippen LogP contribution in [0.4, 0.5) is 0 Å². The summed E-state index contributed by atoms with van der Waals surface area (Å²) in [6, 6.07) is 0. The fraction of sp³-hybridized carbons (Fsp3) is 0.967. The van der Waals surface area contributed by atoms with E-state index in [0.717, 1.165) is 38.5 Å². The maximum atomic E-state index is 11.9. The van der Waals surface area contributed by atoms with Gasteiger partial charge in [0.05, 0.1) is 50.3 Å². The summed E-state index contributed by atoms with van der Waals surface area (Å²) < 4.78 is 60.0. The lowest BCUT2D eigenvalue weighted by Gasteiger charge is -2.66. The summed E-state index contributed by atoms with van der Waals surface area (Å²) in [6.07, 6.45) is -33.4. The van der Waals surface area contributed by atoms with E-state index in [4.69, 9.17) is 47.4 Å². The van der Waals surface area contributed by atoms with Crippen LogP contribution >= 0.6 is 0 Å². The maximum absolute atomic E-state index is 11.9. The Morgan fingerprint density at radius 3 is 1.58 bits per heavy atom. The van der Waals surface area contributed by atoms with Crippen molar-refractivity contribution in [3.63, 3.8) is 0 Å². The Morgan fingerprint density at radius 1 is 0.517 bits per heavy atom. The third-order valence-electron chi connectivity index (χ3n) is 23.1. The quantitative estimate of drug-likeness (QED) is 0.0487. The second-order valence-electron chi connectivity index (χ2n) is 28.9. The Hall–Kier alpha value is -1.38. The standard InChI is InChI=1S/C61H104O28/c1-25(9-13-36(58(4,5)79)87-56-51(89-55-48(77)43(72)39(68)31(22-64)83-55)44(73)40(69)33(85-56)24-80-52-46(75)41(70)37(66)29(81-52)16-20-62)26-15-17-61(8)34-12-10-27-28(59(34,6)18-19-60(26,61)7)11-14-35(57(27,2)3)86-53-49(78)45(74)50(32(23-65)84-53)88-54-47(76)42(71)38(67)30(21-63)82-54/h10,25-26,28-56,62-79H,9,11-24H2,1-8H3/t25?,26?,28?,29-,30-,31-,32-,33-,34?,35+,36?,37-,38-,39-,40-,41+,42+,43+,44+,45-,46-,47-,48-,49-,50-,51-,52-,53+,54+,55+,56+,59?,60?,61?/m1/s1. The van der Waals surface area contributed by atoms with Crippen molar-refractivity contribution in [1.29, 1.82) is 0 Å². The molecular formula is C61H104O28. The Kier molecular flexibility index (Phi) is 22.6. The molecule has 0 radical (unpaired) electrons. The van der Waals surface area contributed by atoms with E-state index in [1.165, 1.54) is 5.57 Å². The first kappa shape index (κ1) is 71.9. The minimum atomic E-state index is -1.93. The molecule has 516 valence electrons. The molecule has 28 heteroatoms. The maximum Gasteiger partial charge on any atom is 0.187 e. The SMILES string of the molecule is CC(CCC(O[C@@H]1O[C@H](CO[C@@H]2O[C@H](CCO)[C@@H](O)[C@H](O)[C@H]2O)[C@@H](O)[C@H](O)[C@H]1O[C@@H]1O[C@H](CO)[C@@H](O)[C@H](O)[C@H]1O)C(C)(C)O)C1CCC2(C)C3CC=C4C(CC[C@H](O[C@@H]5O[C@H](CO)[C@@H](O[C@@H]6O[C@H](CO)[C@@H](O)[C@H](O)[C@H]6O)[C@H](O)[C@H]5O)C4(C)C)C3(C)CCC12C. The van der Waals surface area contributed by atoms with E-state index in [2.05, 4.69) is 47.6 Å². The van der Waals surface area contributed by atoms with Gasteiger partial charge in [-0.3, -0.25) is 0 Å². The lowest BCUT2D eigenvalue weighted by molar-refractivity contribution is -0.380. The van der Waals surface area contributed by atoms with Crippen molar-refractivity contribution in [3.05, 3.63) is 11.6 Å². The molecule has 0 aromatic heterocycles. The van der Waals surface area contributed by atoms with Crippen molar-refractivity contribution in [1.82, 2.24) is 0 Å². The van der Waals surface area contributed by atoms with Gasteiger partial charge in [0.25, 0.3) is 0 Å². The lowest BCUT2D eigenvalue weighted by Crippen LogP contribution is -2.65. The van der Waals surface area contributed by atoms with Gasteiger partial charge in [-0.25, -0.2) is 0 Å². The monoisotopic (exact) mass is 1280 g/mol. The molecule has 9 rings (SSSR count). The van der Waals surface area contributed by atoms with Crippen LogP contribution in [0.15, 0.2) is 11.6 Å². The van der Waals surface area contributed by atoms with E-state index < -0.39 is 210 Å². The van der Waals surface area contributed by atoms with Crippen LogP contribution in [0.3, 0.4) is 0 Å². The van der Waals surface area contributed by atoms with E-state index in [0.29, 0.717) is 18.8 Å². The van der Waals surface area contributed by atoms with Crippen LogP contribution in [0.25, 0.3) is 0 Å². The van der Waals surface area contributed by atoms with Crippen LogP contribution in [0.1, 0.15) is 120 Å². The van der Waals surface area contributed by atoms with Gasteiger partial charge >= 0.3 is 0 Å². The second kappa shape index (κ2) is 28.0. The van der Waals surface area contributed by atoms with E-state index in [1.54, 1.807) is 13.8 Å². The van der Waals surface area contributed by atoms with Gasteiger partial charge in [0.2, 0.25) is 0 Å². The predicted molar refractivity (Wildman–Crippen MR) is 303 cm³/mol. The first-order valence-electron chi connectivity index (χ1n) is 32.0.